The number of halogens is 12. The maximum absolute atomic E-state index is 10.7. The largest absolute Gasteiger partial charge is 0.158 e. The molecule has 0 atom stereocenters. The second kappa shape index (κ2) is 20.6. The van der Waals surface area contributed by atoms with Crippen LogP contribution in [-0.2, 0) is 23.5 Å². The van der Waals surface area contributed by atoms with Gasteiger partial charge < -0.3 is 0 Å². The van der Waals surface area contributed by atoms with E-state index in [0.717, 1.165) is 0 Å². The molecule has 0 aromatic heterocycles. The molecule has 8 aromatic rings. The Balaban J connectivity index is 0.000000193. The van der Waals surface area contributed by atoms with Crippen molar-refractivity contribution in [3.8, 4) is 22.3 Å². The number of hydrogen-bond donors (Lipinski definition) is 0. The molecule has 8 rings (SSSR count). The Morgan fingerprint density at radius 1 is 0.227 bits per heavy atom. The minimum absolute atomic E-state index is 1.25. The number of benzene rings is 8. The normalized spacial score (nSPS) is 13.3. The van der Waals surface area contributed by atoms with Crippen molar-refractivity contribution in [2.75, 3.05) is 0 Å². The van der Waals surface area contributed by atoms with Gasteiger partial charge in [0.05, 0.1) is 0 Å². The first kappa shape index (κ1) is 52.2. The van der Waals surface area contributed by atoms with Crippen LogP contribution in [0.4, 0.5) is 50.4 Å². The van der Waals surface area contributed by atoms with Crippen molar-refractivity contribution < 1.29 is 50.4 Å². The van der Waals surface area contributed by atoms with Gasteiger partial charge in [-0.2, -0.15) is 0 Å². The van der Waals surface area contributed by atoms with Gasteiger partial charge >= 0.3 is 66.0 Å². The third-order valence-corrected chi connectivity index (χ3v) is 12.4. The Morgan fingerprint density at radius 3 is 0.652 bits per heavy atom. The van der Waals surface area contributed by atoms with Gasteiger partial charge in [0.25, 0.3) is 0 Å². The predicted octanol–water partition coefficient (Wildman–Crippen LogP) is 20.2. The van der Waals surface area contributed by atoms with E-state index in [1.165, 1.54) is 84.9 Å². The quantitative estimate of drug-likeness (QED) is 0.0579. The van der Waals surface area contributed by atoms with Gasteiger partial charge in [-0.3, -0.25) is 0 Å². The summed E-state index contributed by atoms with van der Waals surface area (Å²) in [6.07, 6.45) is 0. The van der Waals surface area contributed by atoms with Crippen LogP contribution < -0.4 is 0 Å². The van der Waals surface area contributed by atoms with E-state index in [4.69, 9.17) is 0 Å². The van der Waals surface area contributed by atoms with E-state index in [2.05, 4.69) is 206 Å². The second-order valence-corrected chi connectivity index (χ2v) is 22.4. The molecular formula is C48H38F12P2S4. The van der Waals surface area contributed by atoms with Crippen molar-refractivity contribution in [3.05, 3.63) is 218 Å². The molecule has 0 spiro atoms. The van der Waals surface area contributed by atoms with Crippen LogP contribution >= 0.6 is 39.1 Å². The molecule has 18 heteroatoms. The molecule has 0 fully saturated rings. The van der Waals surface area contributed by atoms with Crippen LogP contribution in [0.1, 0.15) is 0 Å². The van der Waals surface area contributed by atoms with Crippen LogP contribution in [0.2, 0.25) is 0 Å². The molecule has 0 aliphatic rings. The van der Waals surface area contributed by atoms with Gasteiger partial charge in [-0.25, -0.2) is 0 Å². The summed E-state index contributed by atoms with van der Waals surface area (Å²) in [6, 6.07) is 77.4. The fraction of sp³-hybridized carbons (Fsp3) is 0. The first-order chi connectivity index (χ1) is 30.6. The predicted molar refractivity (Wildman–Crippen MR) is 255 cm³/mol. The summed E-state index contributed by atoms with van der Waals surface area (Å²) in [7, 11) is -21.3. The smallest absolute Gasteiger partial charge is 0.0901 e. The Labute approximate surface area is 390 Å². The molecule has 8 aromatic carbocycles. The van der Waals surface area contributed by atoms with E-state index in [9.17, 15) is 50.4 Å². The average Bonchev–Trinajstić information content (AvgIpc) is 3.24. The zero-order valence-corrected chi connectivity index (χ0v) is 39.1. The molecule has 0 radical (unpaired) electrons. The molecule has 0 amide bonds. The molecule has 0 heterocycles. The van der Waals surface area contributed by atoms with Crippen LogP contribution in [0, 0.1) is 0 Å². The van der Waals surface area contributed by atoms with Gasteiger partial charge in [-0.15, -0.1) is 0 Å². The van der Waals surface area contributed by atoms with E-state index < -0.39 is 15.6 Å². The standard InChI is InChI=1S/2C24H18S2.2F6P/c2*1-3-7-21(8-4-1)25-23-15-11-19(12-16-23)20-13-17-24(18-14-20)26-22-9-5-2-6-10-22;2*1-7(2,3,4,5)6/h2*1-18H;;/q;;2*-1/p+2. The van der Waals surface area contributed by atoms with E-state index in [-0.39, 0.29) is 0 Å². The Morgan fingerprint density at radius 2 is 0.409 bits per heavy atom. The fourth-order valence-corrected chi connectivity index (χ4v) is 8.95. The van der Waals surface area contributed by atoms with Crippen LogP contribution in [0.15, 0.2) is 258 Å². The number of thiol groups is 2. The summed E-state index contributed by atoms with van der Waals surface area (Å²) in [6.45, 7) is 0. The van der Waals surface area contributed by atoms with Crippen molar-refractivity contribution in [2.24, 2.45) is 0 Å². The van der Waals surface area contributed by atoms with E-state index in [0.29, 0.717) is 0 Å². The average molecular weight is 1030 g/mol. The molecule has 0 bridgehead atoms. The van der Waals surface area contributed by atoms with Crippen LogP contribution in [0.25, 0.3) is 22.3 Å². The molecule has 0 unspecified atom stereocenters. The van der Waals surface area contributed by atoms with E-state index >= 15 is 0 Å². The third-order valence-electron chi connectivity index (χ3n) is 8.10. The molecule has 348 valence electrons. The third kappa shape index (κ3) is 24.1. The van der Waals surface area contributed by atoms with Crippen LogP contribution in [-0.4, -0.2) is 0 Å². The second-order valence-electron chi connectivity index (χ2n) is 13.8. The minimum Gasteiger partial charge on any atom is -0.0901 e. The summed E-state index contributed by atoms with van der Waals surface area (Å²) < 4.78 is 118. The number of hydrogen-bond acceptors (Lipinski definition) is 2. The van der Waals surface area contributed by atoms with Gasteiger partial charge in [0.15, 0.2) is 19.6 Å². The molecule has 0 aliphatic carbocycles. The summed E-state index contributed by atoms with van der Waals surface area (Å²) in [5.41, 5.74) is 5.03. The maximum Gasteiger partial charge on any atom is 0.158 e. The molecule has 0 saturated carbocycles. The Bertz CT molecular complexity index is 2340. The summed E-state index contributed by atoms with van der Waals surface area (Å²) >= 11 is 6.09. The summed E-state index contributed by atoms with van der Waals surface area (Å²) in [4.78, 5) is 10.3. The van der Waals surface area contributed by atoms with Gasteiger partial charge in [0.1, 0.15) is 0 Å². The molecule has 0 N–H and O–H groups in total. The van der Waals surface area contributed by atoms with E-state index in [1.807, 2.05) is 12.1 Å². The zero-order chi connectivity index (χ0) is 48.0. The van der Waals surface area contributed by atoms with Crippen molar-refractivity contribution in [1.82, 2.24) is 0 Å². The Hall–Kier alpha value is -4.82. The molecular weight excluding hydrogens is 995 g/mol. The molecule has 0 nitrogen and oxygen atoms in total. The van der Waals surface area contributed by atoms with Crippen molar-refractivity contribution in [1.29, 1.82) is 0 Å². The molecule has 66 heavy (non-hydrogen) atoms. The maximum atomic E-state index is 9.87. The first-order valence-corrected chi connectivity index (χ1v) is 26.6. The van der Waals surface area contributed by atoms with Gasteiger partial charge in [-0.05, 0) is 144 Å². The van der Waals surface area contributed by atoms with Gasteiger partial charge in [0.2, 0.25) is 0 Å². The van der Waals surface area contributed by atoms with Gasteiger partial charge in [0, 0.05) is 43.1 Å². The summed E-state index contributed by atoms with van der Waals surface area (Å²) in [5.74, 6) is 0. The Kier molecular flexibility index (Phi) is 16.3. The van der Waals surface area contributed by atoms with Crippen LogP contribution in [0.5, 0.6) is 0 Å². The molecule has 0 saturated heterocycles. The SMILES string of the molecule is F[P-](F)(F)(F)(F)F.F[P-](F)(F)(F)(F)F.c1ccc(Sc2ccc(-c3ccc([SH+]c4ccccc4)cc3)cc2)cc1.c1ccc(Sc2ccc(-c3ccc([SH+]c4ccccc4)cc3)cc2)cc1. The number of rotatable bonds is 10. The van der Waals surface area contributed by atoms with Crippen molar-refractivity contribution in [2.45, 2.75) is 39.2 Å². The zero-order valence-electron chi connectivity index (χ0n) is 33.9. The minimum atomic E-state index is -10.7. The first-order valence-electron chi connectivity index (χ1n) is 19.2. The molecule has 0 aliphatic heterocycles. The van der Waals surface area contributed by atoms with E-state index in [1.54, 1.807) is 23.5 Å². The van der Waals surface area contributed by atoms with Gasteiger partial charge in [-0.1, -0.05) is 121 Å². The van der Waals surface area contributed by atoms with Crippen LogP contribution in [0.3, 0.4) is 0 Å². The summed E-state index contributed by atoms with van der Waals surface area (Å²) in [5, 5.41) is 0. The fourth-order valence-electron chi connectivity index (χ4n) is 5.44. The monoisotopic (exact) mass is 1030 g/mol. The van der Waals surface area contributed by atoms with Crippen molar-refractivity contribution in [3.63, 3.8) is 0 Å². The van der Waals surface area contributed by atoms with Crippen molar-refractivity contribution >= 4 is 62.7 Å². The topological polar surface area (TPSA) is 0 Å².